The van der Waals surface area contributed by atoms with Gasteiger partial charge < -0.3 is 9.84 Å². The highest BCUT2D eigenvalue weighted by Gasteiger charge is 2.38. The molecule has 2 nitrogen and oxygen atoms in total. The first-order chi connectivity index (χ1) is 7.84. The fourth-order valence-corrected chi connectivity index (χ4v) is 2.84. The minimum Gasteiger partial charge on any atom is -0.395 e. The van der Waals surface area contributed by atoms with E-state index in [1.54, 1.807) is 0 Å². The van der Waals surface area contributed by atoms with Crippen molar-refractivity contribution in [2.24, 2.45) is 0 Å². The van der Waals surface area contributed by atoms with Crippen molar-refractivity contribution in [3.8, 4) is 0 Å². The van der Waals surface area contributed by atoms with Crippen LogP contribution in [0.4, 0.5) is 0 Å². The Kier molecular flexibility index (Phi) is 2.49. The van der Waals surface area contributed by atoms with Crippen molar-refractivity contribution in [1.82, 2.24) is 0 Å². The van der Waals surface area contributed by atoms with Gasteiger partial charge in [0.05, 0.1) is 19.8 Å². The molecular weight excluding hydrogens is 200 g/mol. The highest BCUT2D eigenvalue weighted by molar-refractivity contribution is 5.38. The quantitative estimate of drug-likeness (QED) is 0.824. The van der Waals surface area contributed by atoms with E-state index in [4.69, 9.17) is 4.74 Å². The maximum atomic E-state index is 9.57. The first-order valence-electron chi connectivity index (χ1n) is 6.15. The number of aliphatic hydroxyl groups is 1. The Hall–Kier alpha value is -0.860. The van der Waals surface area contributed by atoms with Crippen LogP contribution in [-0.4, -0.2) is 18.3 Å². The Labute approximate surface area is 96.2 Å². The lowest BCUT2D eigenvalue weighted by molar-refractivity contribution is 0.109. The lowest BCUT2D eigenvalue weighted by Gasteiger charge is -2.41. The van der Waals surface area contributed by atoms with Crippen LogP contribution in [0.1, 0.15) is 36.0 Å². The summed E-state index contributed by atoms with van der Waals surface area (Å²) in [5.74, 6) is 0. The molecule has 2 heteroatoms. The SMILES string of the molecule is OCC1(c2ccc3c(c2)CCOC3)CCC1. The summed E-state index contributed by atoms with van der Waals surface area (Å²) in [7, 11) is 0. The second kappa shape index (κ2) is 3.86. The van der Waals surface area contributed by atoms with Gasteiger partial charge in [0.15, 0.2) is 0 Å². The number of aliphatic hydroxyl groups excluding tert-OH is 1. The molecule has 0 unspecified atom stereocenters. The van der Waals surface area contributed by atoms with Gasteiger partial charge in [-0.3, -0.25) is 0 Å². The fraction of sp³-hybridized carbons (Fsp3) is 0.571. The lowest BCUT2D eigenvalue weighted by atomic mass is 9.64. The summed E-state index contributed by atoms with van der Waals surface area (Å²) in [6.07, 6.45) is 4.54. The molecule has 1 aliphatic carbocycles. The molecule has 0 radical (unpaired) electrons. The van der Waals surface area contributed by atoms with Crippen molar-refractivity contribution >= 4 is 0 Å². The van der Waals surface area contributed by atoms with Gasteiger partial charge in [-0.15, -0.1) is 0 Å². The Balaban J connectivity index is 1.96. The minimum absolute atomic E-state index is 0.0767. The Morgan fingerprint density at radius 3 is 2.81 bits per heavy atom. The third kappa shape index (κ3) is 1.48. The second-order valence-electron chi connectivity index (χ2n) is 5.08. The highest BCUT2D eigenvalue weighted by Crippen LogP contribution is 2.43. The van der Waals surface area contributed by atoms with Crippen molar-refractivity contribution < 1.29 is 9.84 Å². The van der Waals surface area contributed by atoms with Gasteiger partial charge >= 0.3 is 0 Å². The summed E-state index contributed by atoms with van der Waals surface area (Å²) < 4.78 is 5.44. The van der Waals surface area contributed by atoms with E-state index < -0.39 is 0 Å². The predicted octanol–water partition coefficient (Wildman–Crippen LogP) is 2.17. The molecule has 1 heterocycles. The largest absolute Gasteiger partial charge is 0.395 e. The second-order valence-corrected chi connectivity index (χ2v) is 5.08. The fourth-order valence-electron chi connectivity index (χ4n) is 2.84. The summed E-state index contributed by atoms with van der Waals surface area (Å²) in [5.41, 5.74) is 4.15. The van der Waals surface area contributed by atoms with Crippen LogP contribution in [0, 0.1) is 0 Å². The number of hydrogen-bond donors (Lipinski definition) is 1. The van der Waals surface area contributed by atoms with E-state index in [2.05, 4.69) is 18.2 Å². The summed E-state index contributed by atoms with van der Waals surface area (Å²) in [5, 5.41) is 9.57. The zero-order valence-corrected chi connectivity index (χ0v) is 9.54. The summed E-state index contributed by atoms with van der Waals surface area (Å²) in [6, 6.07) is 6.66. The van der Waals surface area contributed by atoms with E-state index in [0.29, 0.717) is 6.61 Å². The number of rotatable bonds is 2. The van der Waals surface area contributed by atoms with E-state index in [1.165, 1.54) is 23.1 Å². The van der Waals surface area contributed by atoms with Gasteiger partial charge in [-0.25, -0.2) is 0 Å². The van der Waals surface area contributed by atoms with Crippen LogP contribution in [0.2, 0.25) is 0 Å². The first-order valence-corrected chi connectivity index (χ1v) is 6.15. The zero-order valence-electron chi connectivity index (χ0n) is 9.54. The minimum atomic E-state index is 0.0767. The van der Waals surface area contributed by atoms with Crippen molar-refractivity contribution in [3.63, 3.8) is 0 Å². The monoisotopic (exact) mass is 218 g/mol. The standard InChI is InChI=1S/C14H18O2/c15-10-14(5-1-6-14)13-3-2-12-9-16-7-4-11(12)8-13/h2-3,8,15H,1,4-7,9-10H2. The molecule has 0 bridgehead atoms. The maximum Gasteiger partial charge on any atom is 0.0719 e. The smallest absolute Gasteiger partial charge is 0.0719 e. The molecule has 1 saturated carbocycles. The van der Waals surface area contributed by atoms with Gasteiger partial charge in [-0.1, -0.05) is 24.6 Å². The molecule has 16 heavy (non-hydrogen) atoms. The number of benzene rings is 1. The van der Waals surface area contributed by atoms with Crippen LogP contribution in [0.15, 0.2) is 18.2 Å². The van der Waals surface area contributed by atoms with Gasteiger partial charge in [0.2, 0.25) is 0 Å². The van der Waals surface area contributed by atoms with Crippen LogP contribution in [-0.2, 0) is 23.2 Å². The van der Waals surface area contributed by atoms with E-state index in [9.17, 15) is 5.11 Å². The molecule has 1 aliphatic heterocycles. The average molecular weight is 218 g/mol. The normalized spacial score (nSPS) is 22.3. The van der Waals surface area contributed by atoms with Crippen molar-refractivity contribution in [2.45, 2.75) is 37.7 Å². The summed E-state index contributed by atoms with van der Waals surface area (Å²) in [4.78, 5) is 0. The molecule has 0 aromatic heterocycles. The van der Waals surface area contributed by atoms with Crippen LogP contribution >= 0.6 is 0 Å². The Bertz CT molecular complexity index is 388. The molecule has 0 spiro atoms. The molecular formula is C14H18O2. The molecule has 0 amide bonds. The topological polar surface area (TPSA) is 29.5 Å². The number of fused-ring (bicyclic) bond motifs is 1. The summed E-state index contributed by atoms with van der Waals surface area (Å²) in [6.45, 7) is 1.88. The van der Waals surface area contributed by atoms with Crippen LogP contribution in [0.5, 0.6) is 0 Å². The summed E-state index contributed by atoms with van der Waals surface area (Å²) >= 11 is 0. The van der Waals surface area contributed by atoms with E-state index in [-0.39, 0.29) is 5.41 Å². The molecule has 0 saturated heterocycles. The third-order valence-corrected chi connectivity index (χ3v) is 4.21. The van der Waals surface area contributed by atoms with Crippen molar-refractivity contribution in [2.75, 3.05) is 13.2 Å². The number of ether oxygens (including phenoxy) is 1. The molecule has 1 fully saturated rings. The molecule has 0 atom stereocenters. The van der Waals surface area contributed by atoms with Crippen molar-refractivity contribution in [3.05, 3.63) is 34.9 Å². The van der Waals surface area contributed by atoms with Crippen LogP contribution < -0.4 is 0 Å². The predicted molar refractivity (Wildman–Crippen MR) is 62.4 cm³/mol. The Morgan fingerprint density at radius 1 is 1.25 bits per heavy atom. The molecule has 3 rings (SSSR count). The van der Waals surface area contributed by atoms with Crippen LogP contribution in [0.3, 0.4) is 0 Å². The van der Waals surface area contributed by atoms with E-state index >= 15 is 0 Å². The average Bonchev–Trinajstić information content (AvgIpc) is 2.28. The zero-order chi connectivity index (χ0) is 11.0. The van der Waals surface area contributed by atoms with Gasteiger partial charge in [0, 0.05) is 5.41 Å². The van der Waals surface area contributed by atoms with E-state index in [0.717, 1.165) is 32.5 Å². The number of hydrogen-bond acceptors (Lipinski definition) is 2. The van der Waals surface area contributed by atoms with Gasteiger partial charge in [-0.2, -0.15) is 0 Å². The van der Waals surface area contributed by atoms with Gasteiger partial charge in [0.1, 0.15) is 0 Å². The molecule has 1 aromatic carbocycles. The molecule has 2 aliphatic rings. The Morgan fingerprint density at radius 2 is 2.12 bits per heavy atom. The molecule has 86 valence electrons. The van der Waals surface area contributed by atoms with E-state index in [1.807, 2.05) is 0 Å². The molecule has 1 aromatic rings. The van der Waals surface area contributed by atoms with Gasteiger partial charge in [0.25, 0.3) is 0 Å². The van der Waals surface area contributed by atoms with Crippen LogP contribution in [0.25, 0.3) is 0 Å². The lowest BCUT2D eigenvalue weighted by Crippen LogP contribution is -2.38. The molecule has 1 N–H and O–H groups in total. The van der Waals surface area contributed by atoms with Crippen molar-refractivity contribution in [1.29, 1.82) is 0 Å². The first kappa shape index (κ1) is 10.3. The van der Waals surface area contributed by atoms with Gasteiger partial charge in [-0.05, 0) is 36.0 Å². The third-order valence-electron chi connectivity index (χ3n) is 4.21. The highest BCUT2D eigenvalue weighted by atomic mass is 16.5. The maximum absolute atomic E-state index is 9.57.